The van der Waals surface area contributed by atoms with Crippen LogP contribution in [0.5, 0.6) is 0 Å². The molecule has 3 rings (SSSR count). The number of hydrogen-bond acceptors (Lipinski definition) is 6. The molecule has 0 aromatic carbocycles. The van der Waals surface area contributed by atoms with Crippen LogP contribution in [-0.4, -0.2) is 31.1 Å². The van der Waals surface area contributed by atoms with Gasteiger partial charge in [0.15, 0.2) is 11.5 Å². The maximum Gasteiger partial charge on any atom is 0.225 e. The van der Waals surface area contributed by atoms with Gasteiger partial charge in [0.1, 0.15) is 6.33 Å². The molecule has 0 aliphatic rings. The fourth-order valence-electron chi connectivity index (χ4n) is 1.98. The number of nitrogens with zero attached hydrogens (tertiary/aromatic N) is 3. The monoisotopic (exact) mass is 296 g/mol. The van der Waals surface area contributed by atoms with Crippen LogP contribution in [0.15, 0.2) is 53.5 Å². The molecule has 2 N–H and O–H groups in total. The van der Waals surface area contributed by atoms with Crippen LogP contribution in [0.25, 0.3) is 5.76 Å². The van der Waals surface area contributed by atoms with Crippen molar-refractivity contribution in [3.05, 3.63) is 72.0 Å². The molecule has 0 aliphatic heterocycles. The number of furan rings is 1. The number of aromatic amines is 1. The van der Waals surface area contributed by atoms with Gasteiger partial charge in [0.25, 0.3) is 0 Å². The van der Waals surface area contributed by atoms with Crippen LogP contribution in [-0.2, 0) is 6.42 Å². The SMILES string of the molecule is O=C(C=C(O)c1nc[nH]n1)c1occc1Cc1ccccn1. The van der Waals surface area contributed by atoms with E-state index < -0.39 is 5.78 Å². The normalized spacial score (nSPS) is 11.5. The lowest BCUT2D eigenvalue weighted by atomic mass is 10.1. The number of allylic oxidation sites excluding steroid dienone is 1. The second-order valence-electron chi connectivity index (χ2n) is 4.49. The lowest BCUT2D eigenvalue weighted by molar-refractivity contribution is 0.102. The number of carbonyl (C=O) groups excluding carboxylic acids is 1. The number of aliphatic hydroxyl groups excluding tert-OH is 1. The van der Waals surface area contributed by atoms with Gasteiger partial charge in [-0.15, -0.1) is 0 Å². The summed E-state index contributed by atoms with van der Waals surface area (Å²) in [7, 11) is 0. The van der Waals surface area contributed by atoms with E-state index in [1.54, 1.807) is 12.3 Å². The predicted molar refractivity (Wildman–Crippen MR) is 77.1 cm³/mol. The Kier molecular flexibility index (Phi) is 3.78. The number of aromatic nitrogens is 4. The molecule has 0 fully saturated rings. The van der Waals surface area contributed by atoms with Gasteiger partial charge in [-0.3, -0.25) is 14.9 Å². The Balaban J connectivity index is 1.82. The Labute approximate surface area is 125 Å². The van der Waals surface area contributed by atoms with Crippen molar-refractivity contribution in [1.29, 1.82) is 0 Å². The largest absolute Gasteiger partial charge is 0.504 e. The third-order valence-corrected chi connectivity index (χ3v) is 2.98. The Morgan fingerprint density at radius 3 is 2.95 bits per heavy atom. The van der Waals surface area contributed by atoms with Crippen molar-refractivity contribution in [2.75, 3.05) is 0 Å². The molecule has 0 atom stereocenters. The van der Waals surface area contributed by atoms with Crippen molar-refractivity contribution in [3.8, 4) is 0 Å². The highest BCUT2D eigenvalue weighted by molar-refractivity contribution is 6.06. The summed E-state index contributed by atoms with van der Waals surface area (Å²) in [5.74, 6) is -0.580. The molecule has 22 heavy (non-hydrogen) atoms. The lowest BCUT2D eigenvalue weighted by Crippen LogP contribution is -2.01. The van der Waals surface area contributed by atoms with Crippen LogP contribution in [0, 0.1) is 0 Å². The van der Waals surface area contributed by atoms with Crippen molar-refractivity contribution in [1.82, 2.24) is 20.2 Å². The number of rotatable bonds is 5. The number of carbonyl (C=O) groups is 1. The quantitative estimate of drug-likeness (QED) is 0.424. The maximum absolute atomic E-state index is 12.2. The summed E-state index contributed by atoms with van der Waals surface area (Å²) in [4.78, 5) is 20.2. The average Bonchev–Trinajstić information content (AvgIpc) is 3.19. The van der Waals surface area contributed by atoms with Crippen molar-refractivity contribution < 1.29 is 14.3 Å². The highest BCUT2D eigenvalue weighted by atomic mass is 16.3. The molecule has 0 bridgehead atoms. The van der Waals surface area contributed by atoms with Gasteiger partial charge >= 0.3 is 0 Å². The van der Waals surface area contributed by atoms with Crippen LogP contribution in [0.2, 0.25) is 0 Å². The minimum Gasteiger partial charge on any atom is -0.504 e. The standard InChI is InChI=1S/C15H12N4O3/c20-12(8-13(21)15-17-9-18-19-15)14-10(4-6-22-14)7-11-3-1-2-5-16-11/h1-6,8-9,21H,7H2,(H,17,18,19). The minimum absolute atomic E-state index is 0.0474. The third kappa shape index (κ3) is 2.93. The first-order chi connectivity index (χ1) is 10.7. The Bertz CT molecular complexity index is 791. The number of pyridine rings is 1. The van der Waals surface area contributed by atoms with E-state index in [1.165, 1.54) is 12.6 Å². The van der Waals surface area contributed by atoms with Crippen LogP contribution in [0.4, 0.5) is 0 Å². The first-order valence-corrected chi connectivity index (χ1v) is 6.51. The summed E-state index contributed by atoms with van der Waals surface area (Å²) in [6.07, 6.45) is 5.93. The van der Waals surface area contributed by atoms with Gasteiger partial charge in [-0.2, -0.15) is 5.10 Å². The van der Waals surface area contributed by atoms with E-state index >= 15 is 0 Å². The molecular weight excluding hydrogens is 284 g/mol. The summed E-state index contributed by atoms with van der Waals surface area (Å²) < 4.78 is 5.24. The fourth-order valence-corrected chi connectivity index (χ4v) is 1.98. The average molecular weight is 296 g/mol. The summed E-state index contributed by atoms with van der Waals surface area (Å²) in [6, 6.07) is 7.27. The Morgan fingerprint density at radius 2 is 2.23 bits per heavy atom. The number of H-pyrrole nitrogens is 1. The van der Waals surface area contributed by atoms with Crippen molar-refractivity contribution in [2.45, 2.75) is 6.42 Å². The summed E-state index contributed by atoms with van der Waals surface area (Å²) >= 11 is 0. The molecule has 0 aliphatic carbocycles. The van der Waals surface area contributed by atoms with E-state index in [1.807, 2.05) is 18.2 Å². The molecular formula is C15H12N4O3. The van der Waals surface area contributed by atoms with Crippen molar-refractivity contribution >= 4 is 11.5 Å². The molecule has 0 unspecified atom stereocenters. The second kappa shape index (κ2) is 6.04. The van der Waals surface area contributed by atoms with Gasteiger partial charge in [0.05, 0.1) is 6.26 Å². The van der Waals surface area contributed by atoms with Gasteiger partial charge in [-0.25, -0.2) is 4.98 Å². The molecule has 3 aromatic rings. The molecule has 3 heterocycles. The Morgan fingerprint density at radius 1 is 1.32 bits per heavy atom. The molecule has 0 saturated heterocycles. The molecule has 0 saturated carbocycles. The molecule has 0 amide bonds. The molecule has 7 nitrogen and oxygen atoms in total. The predicted octanol–water partition coefficient (Wildman–Crippen LogP) is 2.17. The smallest absolute Gasteiger partial charge is 0.225 e. The molecule has 3 aromatic heterocycles. The van der Waals surface area contributed by atoms with Crippen molar-refractivity contribution in [2.24, 2.45) is 0 Å². The molecule has 0 radical (unpaired) electrons. The Hall–Kier alpha value is -3.22. The number of nitrogens with one attached hydrogen (secondary N) is 1. The number of aliphatic hydroxyl groups is 1. The first-order valence-electron chi connectivity index (χ1n) is 6.51. The van der Waals surface area contributed by atoms with E-state index in [0.29, 0.717) is 12.0 Å². The summed E-state index contributed by atoms with van der Waals surface area (Å²) in [5.41, 5.74) is 1.52. The van der Waals surface area contributed by atoms with E-state index in [2.05, 4.69) is 20.2 Å². The third-order valence-electron chi connectivity index (χ3n) is 2.98. The fraction of sp³-hybridized carbons (Fsp3) is 0.0667. The molecule has 0 spiro atoms. The van der Waals surface area contributed by atoms with Gasteiger partial charge in [-0.1, -0.05) is 6.07 Å². The van der Waals surface area contributed by atoms with Crippen LogP contribution in [0.3, 0.4) is 0 Å². The first kappa shape index (κ1) is 13.7. The zero-order chi connectivity index (χ0) is 15.4. The van der Waals surface area contributed by atoms with Gasteiger partial charge in [0, 0.05) is 30.0 Å². The summed E-state index contributed by atoms with van der Waals surface area (Å²) in [6.45, 7) is 0. The van der Waals surface area contributed by atoms with Crippen molar-refractivity contribution in [3.63, 3.8) is 0 Å². The molecule has 7 heteroatoms. The maximum atomic E-state index is 12.2. The highest BCUT2D eigenvalue weighted by Crippen LogP contribution is 2.17. The van der Waals surface area contributed by atoms with Gasteiger partial charge in [0.2, 0.25) is 11.6 Å². The van der Waals surface area contributed by atoms with Crippen LogP contribution >= 0.6 is 0 Å². The second-order valence-corrected chi connectivity index (χ2v) is 4.49. The van der Waals surface area contributed by atoms with E-state index in [0.717, 1.165) is 11.8 Å². The van der Waals surface area contributed by atoms with E-state index in [9.17, 15) is 9.90 Å². The number of hydrogen-bond donors (Lipinski definition) is 2. The summed E-state index contributed by atoms with van der Waals surface area (Å²) in [5, 5.41) is 16.0. The van der Waals surface area contributed by atoms with Crippen LogP contribution < -0.4 is 0 Å². The van der Waals surface area contributed by atoms with E-state index in [4.69, 9.17) is 4.42 Å². The number of ketones is 1. The minimum atomic E-state index is -0.460. The van der Waals surface area contributed by atoms with Gasteiger partial charge < -0.3 is 9.52 Å². The lowest BCUT2D eigenvalue weighted by Gasteiger charge is -2.00. The van der Waals surface area contributed by atoms with E-state index in [-0.39, 0.29) is 17.3 Å². The highest BCUT2D eigenvalue weighted by Gasteiger charge is 2.16. The van der Waals surface area contributed by atoms with Crippen LogP contribution in [0.1, 0.15) is 27.6 Å². The molecule has 110 valence electrons. The zero-order valence-corrected chi connectivity index (χ0v) is 11.4. The topological polar surface area (TPSA) is 105 Å². The van der Waals surface area contributed by atoms with Gasteiger partial charge in [-0.05, 0) is 18.2 Å². The zero-order valence-electron chi connectivity index (χ0n) is 11.4.